The van der Waals surface area contributed by atoms with E-state index >= 15 is 0 Å². The van der Waals surface area contributed by atoms with Crippen molar-refractivity contribution >= 4 is 23.2 Å². The summed E-state index contributed by atoms with van der Waals surface area (Å²) in [6, 6.07) is 3.67. The van der Waals surface area contributed by atoms with E-state index in [1.165, 1.54) is 0 Å². The molecule has 1 N–H and O–H groups in total. The summed E-state index contributed by atoms with van der Waals surface area (Å²) >= 11 is 12.2. The van der Waals surface area contributed by atoms with Crippen LogP contribution in [0.5, 0.6) is 0 Å². The summed E-state index contributed by atoms with van der Waals surface area (Å²) in [6.45, 7) is 5.80. The first-order valence-electron chi connectivity index (χ1n) is 6.73. The Balaban J connectivity index is 2.41. The van der Waals surface area contributed by atoms with E-state index < -0.39 is 0 Å². The topological polar surface area (TPSA) is 42.7 Å². The second-order valence-electron chi connectivity index (χ2n) is 4.48. The summed E-state index contributed by atoms with van der Waals surface area (Å²) in [5.74, 6) is 0. The molecule has 0 saturated carbocycles. The highest BCUT2D eigenvalue weighted by Crippen LogP contribution is 2.27. The Bertz CT molecular complexity index is 551. The molecule has 2 aromatic rings. The van der Waals surface area contributed by atoms with E-state index in [0.717, 1.165) is 30.9 Å². The molecule has 0 saturated heterocycles. The van der Waals surface area contributed by atoms with Crippen molar-refractivity contribution in [1.29, 1.82) is 0 Å². The van der Waals surface area contributed by atoms with E-state index in [2.05, 4.69) is 22.3 Å². The van der Waals surface area contributed by atoms with Gasteiger partial charge in [0.05, 0.1) is 33.7 Å². The Labute approximate surface area is 129 Å². The number of nitrogens with zero attached hydrogens (tertiary/aromatic N) is 3. The SMILES string of the molecule is CCCNC(c1ccc(Cl)cn1)c1c(Cl)cnn1CC. The number of nitrogens with one attached hydrogen (secondary N) is 1. The van der Waals surface area contributed by atoms with Gasteiger partial charge in [0.15, 0.2) is 0 Å². The van der Waals surface area contributed by atoms with Gasteiger partial charge in [-0.1, -0.05) is 30.1 Å². The molecule has 4 nitrogen and oxygen atoms in total. The van der Waals surface area contributed by atoms with Gasteiger partial charge in [-0.05, 0) is 32.0 Å². The minimum Gasteiger partial charge on any atom is -0.304 e. The van der Waals surface area contributed by atoms with Gasteiger partial charge in [0.25, 0.3) is 0 Å². The van der Waals surface area contributed by atoms with E-state index in [4.69, 9.17) is 23.2 Å². The zero-order chi connectivity index (χ0) is 14.5. The van der Waals surface area contributed by atoms with Crippen LogP contribution in [0.1, 0.15) is 37.7 Å². The molecule has 108 valence electrons. The van der Waals surface area contributed by atoms with Crippen molar-refractivity contribution in [1.82, 2.24) is 20.1 Å². The van der Waals surface area contributed by atoms with Gasteiger partial charge >= 0.3 is 0 Å². The smallest absolute Gasteiger partial charge is 0.0937 e. The van der Waals surface area contributed by atoms with Crippen molar-refractivity contribution in [2.45, 2.75) is 32.9 Å². The van der Waals surface area contributed by atoms with E-state index in [1.807, 2.05) is 23.7 Å². The fourth-order valence-electron chi connectivity index (χ4n) is 2.10. The first kappa shape index (κ1) is 15.3. The van der Waals surface area contributed by atoms with E-state index in [0.29, 0.717) is 10.0 Å². The number of halogens is 2. The molecule has 2 rings (SSSR count). The lowest BCUT2D eigenvalue weighted by atomic mass is 10.1. The molecule has 2 heterocycles. The number of aryl methyl sites for hydroxylation is 1. The fourth-order valence-corrected chi connectivity index (χ4v) is 2.46. The Kier molecular flexibility index (Phi) is 5.40. The molecule has 0 spiro atoms. The third-order valence-corrected chi connectivity index (χ3v) is 3.57. The van der Waals surface area contributed by atoms with Crippen LogP contribution in [0.4, 0.5) is 0 Å². The molecule has 20 heavy (non-hydrogen) atoms. The average molecular weight is 313 g/mol. The first-order valence-corrected chi connectivity index (χ1v) is 7.49. The molecule has 0 amide bonds. The van der Waals surface area contributed by atoms with Crippen LogP contribution in [-0.2, 0) is 6.54 Å². The molecule has 0 aliphatic rings. The van der Waals surface area contributed by atoms with Crippen molar-refractivity contribution in [2.24, 2.45) is 0 Å². The van der Waals surface area contributed by atoms with Crippen LogP contribution in [0.15, 0.2) is 24.5 Å². The molecule has 0 bridgehead atoms. The maximum atomic E-state index is 6.30. The molecule has 6 heteroatoms. The molecule has 0 radical (unpaired) electrons. The Morgan fingerprint density at radius 3 is 2.65 bits per heavy atom. The van der Waals surface area contributed by atoms with Crippen LogP contribution in [0.25, 0.3) is 0 Å². The molecule has 2 aromatic heterocycles. The van der Waals surface area contributed by atoms with Crippen molar-refractivity contribution in [3.05, 3.63) is 46.0 Å². The lowest BCUT2D eigenvalue weighted by Gasteiger charge is -2.20. The molecular weight excluding hydrogens is 295 g/mol. The molecular formula is C14H18Cl2N4. The van der Waals surface area contributed by atoms with Gasteiger partial charge in [-0.2, -0.15) is 5.10 Å². The largest absolute Gasteiger partial charge is 0.304 e. The van der Waals surface area contributed by atoms with Crippen LogP contribution < -0.4 is 5.32 Å². The van der Waals surface area contributed by atoms with Gasteiger partial charge in [0.1, 0.15) is 0 Å². The second-order valence-corrected chi connectivity index (χ2v) is 5.33. The molecule has 1 unspecified atom stereocenters. The Morgan fingerprint density at radius 1 is 1.25 bits per heavy atom. The quantitative estimate of drug-likeness (QED) is 0.884. The monoisotopic (exact) mass is 312 g/mol. The number of hydrogen-bond donors (Lipinski definition) is 1. The molecule has 0 aliphatic carbocycles. The van der Waals surface area contributed by atoms with Crippen molar-refractivity contribution in [2.75, 3.05) is 6.54 Å². The van der Waals surface area contributed by atoms with Crippen LogP contribution in [0.3, 0.4) is 0 Å². The van der Waals surface area contributed by atoms with Crippen LogP contribution in [-0.4, -0.2) is 21.3 Å². The van der Waals surface area contributed by atoms with Gasteiger partial charge in [-0.15, -0.1) is 0 Å². The maximum absolute atomic E-state index is 6.30. The number of rotatable bonds is 6. The van der Waals surface area contributed by atoms with Gasteiger partial charge in [-0.3, -0.25) is 9.67 Å². The van der Waals surface area contributed by atoms with Gasteiger partial charge in [-0.25, -0.2) is 0 Å². The van der Waals surface area contributed by atoms with Gasteiger partial charge in [0.2, 0.25) is 0 Å². The zero-order valence-electron chi connectivity index (χ0n) is 11.6. The summed E-state index contributed by atoms with van der Waals surface area (Å²) in [5, 5.41) is 9.04. The lowest BCUT2D eigenvalue weighted by Crippen LogP contribution is -2.26. The number of hydrogen-bond acceptors (Lipinski definition) is 3. The van der Waals surface area contributed by atoms with Crippen molar-refractivity contribution in [3.8, 4) is 0 Å². The van der Waals surface area contributed by atoms with Crippen LogP contribution >= 0.6 is 23.2 Å². The van der Waals surface area contributed by atoms with E-state index in [9.17, 15) is 0 Å². The normalized spacial score (nSPS) is 12.6. The highest BCUT2D eigenvalue weighted by molar-refractivity contribution is 6.31. The van der Waals surface area contributed by atoms with Gasteiger partial charge in [0, 0.05) is 12.7 Å². The lowest BCUT2D eigenvalue weighted by molar-refractivity contribution is 0.522. The minimum atomic E-state index is -0.0813. The summed E-state index contributed by atoms with van der Waals surface area (Å²) in [7, 11) is 0. The highest BCUT2D eigenvalue weighted by atomic mass is 35.5. The molecule has 0 aliphatic heterocycles. The summed E-state index contributed by atoms with van der Waals surface area (Å²) in [6.07, 6.45) is 4.36. The average Bonchev–Trinajstić information content (AvgIpc) is 2.82. The van der Waals surface area contributed by atoms with Crippen molar-refractivity contribution < 1.29 is 0 Å². The zero-order valence-corrected chi connectivity index (χ0v) is 13.1. The minimum absolute atomic E-state index is 0.0813. The fraction of sp³-hybridized carbons (Fsp3) is 0.429. The van der Waals surface area contributed by atoms with E-state index in [-0.39, 0.29) is 6.04 Å². The maximum Gasteiger partial charge on any atom is 0.0937 e. The summed E-state index contributed by atoms with van der Waals surface area (Å²) in [5.41, 5.74) is 1.83. The third-order valence-electron chi connectivity index (χ3n) is 3.05. The molecule has 0 fully saturated rings. The van der Waals surface area contributed by atoms with E-state index in [1.54, 1.807) is 12.4 Å². The second kappa shape index (κ2) is 7.07. The molecule has 0 aromatic carbocycles. The highest BCUT2D eigenvalue weighted by Gasteiger charge is 2.22. The predicted molar refractivity (Wildman–Crippen MR) is 82.3 cm³/mol. The Morgan fingerprint density at radius 2 is 2.05 bits per heavy atom. The third kappa shape index (κ3) is 3.32. The standard InChI is InChI=1S/C14H18Cl2N4/c1-3-7-17-13(12-6-5-10(15)8-18-12)14-11(16)9-19-20(14)4-2/h5-6,8-9,13,17H,3-4,7H2,1-2H3. The van der Waals surface area contributed by atoms with Crippen molar-refractivity contribution in [3.63, 3.8) is 0 Å². The first-order chi connectivity index (χ1) is 9.67. The molecule has 1 atom stereocenters. The summed E-state index contributed by atoms with van der Waals surface area (Å²) < 4.78 is 1.89. The predicted octanol–water partition coefficient (Wildman–Crippen LogP) is 3.69. The van der Waals surface area contributed by atoms with Gasteiger partial charge < -0.3 is 5.32 Å². The van der Waals surface area contributed by atoms with Crippen LogP contribution in [0.2, 0.25) is 10.0 Å². The summed E-state index contributed by atoms with van der Waals surface area (Å²) in [4.78, 5) is 4.41. The Hall–Kier alpha value is -1.10. The number of pyridine rings is 1. The van der Waals surface area contributed by atoms with Crippen LogP contribution in [0, 0.1) is 0 Å². The number of aromatic nitrogens is 3.